The summed E-state index contributed by atoms with van der Waals surface area (Å²) in [6, 6.07) is 22.7. The van der Waals surface area contributed by atoms with Crippen molar-refractivity contribution >= 4 is 39.0 Å². The van der Waals surface area contributed by atoms with Crippen LogP contribution in [0.5, 0.6) is 17.5 Å². The van der Waals surface area contributed by atoms with Gasteiger partial charge in [-0.2, -0.15) is 4.98 Å². The summed E-state index contributed by atoms with van der Waals surface area (Å²) in [6.45, 7) is 2.14. The summed E-state index contributed by atoms with van der Waals surface area (Å²) in [5.41, 5.74) is 4.86. The summed E-state index contributed by atoms with van der Waals surface area (Å²) in [4.78, 5) is 20.6. The van der Waals surface area contributed by atoms with Gasteiger partial charge in [-0.25, -0.2) is 8.42 Å². The van der Waals surface area contributed by atoms with Gasteiger partial charge in [-0.05, 0) is 66.3 Å². The van der Waals surface area contributed by atoms with E-state index in [9.17, 15) is 23.4 Å². The molecule has 13 nitrogen and oxygen atoms in total. The van der Waals surface area contributed by atoms with Gasteiger partial charge >= 0.3 is 5.97 Å². The highest BCUT2D eigenvalue weighted by Gasteiger charge is 2.33. The van der Waals surface area contributed by atoms with Gasteiger partial charge in [0.15, 0.2) is 9.84 Å². The average molecular weight is 852 g/mol. The van der Waals surface area contributed by atoms with Crippen LogP contribution in [0.1, 0.15) is 41.7 Å². The van der Waals surface area contributed by atoms with E-state index in [-0.39, 0.29) is 41.4 Å². The highest BCUT2D eigenvalue weighted by molar-refractivity contribution is 7.90. The molecular weight excluding hydrogens is 807 g/mol. The number of nitrogens with one attached hydrogen (secondary N) is 2. The molecule has 5 N–H and O–H groups in total. The van der Waals surface area contributed by atoms with E-state index >= 15 is 0 Å². The first kappa shape index (κ1) is 42.8. The Hall–Kier alpha value is -4.80. The molecule has 0 aliphatic heterocycles. The number of halogens is 2. The van der Waals surface area contributed by atoms with Crippen molar-refractivity contribution in [1.82, 2.24) is 20.6 Å². The van der Waals surface area contributed by atoms with Crippen LogP contribution in [0.2, 0.25) is 10.0 Å². The number of aromatic nitrogens is 2. The van der Waals surface area contributed by atoms with Crippen molar-refractivity contribution in [2.45, 2.75) is 49.5 Å². The minimum Gasteiger partial charge on any atom is -0.492 e. The number of benzene rings is 3. The van der Waals surface area contributed by atoms with Gasteiger partial charge in [0.25, 0.3) is 0 Å². The molecule has 6 rings (SSSR count). The number of ether oxygens (including phenoxy) is 3. The summed E-state index contributed by atoms with van der Waals surface area (Å²) < 4.78 is 42.7. The molecule has 3 aromatic carbocycles. The Morgan fingerprint density at radius 1 is 0.948 bits per heavy atom. The van der Waals surface area contributed by atoms with E-state index in [0.717, 1.165) is 45.4 Å². The second kappa shape index (κ2) is 18.9. The Kier molecular flexibility index (Phi) is 13.9. The van der Waals surface area contributed by atoms with Crippen LogP contribution in [-0.4, -0.2) is 84.4 Å². The Morgan fingerprint density at radius 2 is 1.69 bits per heavy atom. The predicted molar refractivity (Wildman–Crippen MR) is 220 cm³/mol. The van der Waals surface area contributed by atoms with Crippen molar-refractivity contribution in [1.29, 1.82) is 0 Å². The number of aliphatic hydroxyl groups excluding tert-OH is 2. The first-order valence-electron chi connectivity index (χ1n) is 18.5. The van der Waals surface area contributed by atoms with Crippen LogP contribution >= 0.6 is 23.2 Å². The SMILES string of the molecule is CC(CO)(NCc1cc(Cl)c(O[C@H]2CCc3c(-c4cccc(-c5ccc(OCCNCCO)cc5)c4Cl)cccc32)nc1OCc1cncc(S(C)(=O)=O)c1)C(=O)O. The topological polar surface area (TPSA) is 189 Å². The molecule has 0 spiro atoms. The molecule has 0 saturated heterocycles. The highest BCUT2D eigenvalue weighted by Crippen LogP contribution is 2.45. The predicted octanol–water partition coefficient (Wildman–Crippen LogP) is 6.05. The summed E-state index contributed by atoms with van der Waals surface area (Å²) in [6.07, 6.45) is 4.68. The minimum absolute atomic E-state index is 0.0239. The Morgan fingerprint density at radius 3 is 2.41 bits per heavy atom. The van der Waals surface area contributed by atoms with Crippen LogP contribution in [0.3, 0.4) is 0 Å². The first-order chi connectivity index (χ1) is 27.8. The van der Waals surface area contributed by atoms with E-state index in [1.54, 1.807) is 6.07 Å². The molecule has 1 aliphatic carbocycles. The molecule has 0 radical (unpaired) electrons. The van der Waals surface area contributed by atoms with Crippen molar-refractivity contribution in [3.63, 3.8) is 0 Å². The number of fused-ring (bicyclic) bond motifs is 1. The maximum Gasteiger partial charge on any atom is 0.326 e. The quantitative estimate of drug-likeness (QED) is 0.0605. The van der Waals surface area contributed by atoms with E-state index in [2.05, 4.69) is 20.6 Å². The minimum atomic E-state index is -3.53. The molecule has 2 heterocycles. The molecule has 2 atom stereocenters. The number of hydrogen-bond donors (Lipinski definition) is 5. The molecule has 0 saturated carbocycles. The Bertz CT molecular complexity index is 2370. The van der Waals surface area contributed by atoms with Crippen LogP contribution in [0, 0.1) is 0 Å². The third kappa shape index (κ3) is 10.1. The van der Waals surface area contributed by atoms with Crippen molar-refractivity contribution in [2.75, 3.05) is 39.2 Å². The maximum atomic E-state index is 12.1. The van der Waals surface area contributed by atoms with Crippen molar-refractivity contribution < 1.29 is 42.7 Å². The molecule has 0 amide bonds. The molecule has 0 fully saturated rings. The number of aliphatic hydroxyl groups is 2. The second-order valence-corrected chi connectivity index (χ2v) is 16.8. The lowest BCUT2D eigenvalue weighted by Gasteiger charge is -2.24. The number of aliphatic carboxylic acids is 1. The zero-order valence-corrected chi connectivity index (χ0v) is 34.2. The van der Waals surface area contributed by atoms with Gasteiger partial charge in [-0.3, -0.25) is 15.1 Å². The lowest BCUT2D eigenvalue weighted by Crippen LogP contribution is -2.52. The van der Waals surface area contributed by atoms with Gasteiger partial charge in [0.05, 0.1) is 23.1 Å². The molecule has 1 unspecified atom stereocenters. The largest absolute Gasteiger partial charge is 0.492 e. The number of nitrogens with zero attached hydrogens (tertiary/aromatic N) is 2. The fraction of sp³-hybridized carbons (Fsp3) is 0.310. The number of hydrogen-bond acceptors (Lipinski definition) is 12. The van der Waals surface area contributed by atoms with Gasteiger partial charge in [0.1, 0.15) is 35.6 Å². The monoisotopic (exact) mass is 850 g/mol. The van der Waals surface area contributed by atoms with Gasteiger partial charge in [0.2, 0.25) is 11.8 Å². The van der Waals surface area contributed by atoms with Crippen LogP contribution in [0.25, 0.3) is 22.3 Å². The van der Waals surface area contributed by atoms with Crippen molar-refractivity contribution in [2.24, 2.45) is 0 Å². The normalized spacial score (nSPS) is 14.8. The standard InChI is InChI=1S/C42H44Cl2N4O9S/c1-42(25-50,41(51)52)47-22-28-20-36(43)40(48-39(28)56-24-26-19-30(23-46-21-26)58(2,53)54)57-37-14-13-33-32(6-4-7-34(33)37)35-8-3-5-31(38(35)44)27-9-11-29(12-10-27)55-18-16-45-15-17-49/h3-12,19-21,23,37,45,47,49-50H,13-18,22,24-25H2,1-2H3,(H,51,52)/t37-,42?/m0/s1. The van der Waals surface area contributed by atoms with E-state index in [1.165, 1.54) is 25.4 Å². The van der Waals surface area contributed by atoms with Crippen LogP contribution < -0.4 is 24.8 Å². The summed E-state index contributed by atoms with van der Waals surface area (Å²) in [5.74, 6) is -0.378. The van der Waals surface area contributed by atoms with Crippen molar-refractivity contribution in [3.8, 4) is 39.8 Å². The lowest BCUT2D eigenvalue weighted by molar-refractivity contribution is -0.145. The number of rotatable bonds is 19. The molecule has 0 bridgehead atoms. The molecule has 58 heavy (non-hydrogen) atoms. The first-order valence-corrected chi connectivity index (χ1v) is 21.1. The van der Waals surface area contributed by atoms with Crippen LogP contribution in [0.4, 0.5) is 0 Å². The number of carboxylic acids is 1. The molecule has 5 aromatic rings. The number of pyridine rings is 2. The maximum absolute atomic E-state index is 12.1. The van der Waals surface area contributed by atoms with Gasteiger partial charge in [-0.1, -0.05) is 71.7 Å². The van der Waals surface area contributed by atoms with Crippen LogP contribution in [0.15, 0.2) is 90.1 Å². The zero-order valence-electron chi connectivity index (χ0n) is 31.9. The highest BCUT2D eigenvalue weighted by atomic mass is 35.5. The van der Waals surface area contributed by atoms with E-state index in [1.807, 2.05) is 60.7 Å². The summed E-state index contributed by atoms with van der Waals surface area (Å²) >= 11 is 13.9. The number of carboxylic acid groups (broad SMARTS) is 1. The lowest BCUT2D eigenvalue weighted by atomic mass is 9.94. The van der Waals surface area contributed by atoms with E-state index in [0.29, 0.717) is 48.7 Å². The van der Waals surface area contributed by atoms with E-state index < -0.39 is 34.1 Å². The fourth-order valence-corrected chi connectivity index (χ4v) is 7.65. The second-order valence-electron chi connectivity index (χ2n) is 14.0. The average Bonchev–Trinajstić information content (AvgIpc) is 3.63. The van der Waals surface area contributed by atoms with Crippen molar-refractivity contribution in [3.05, 3.63) is 117 Å². The summed E-state index contributed by atoms with van der Waals surface area (Å²) in [5, 5.41) is 35.1. The third-order valence-corrected chi connectivity index (χ3v) is 11.5. The Balaban J connectivity index is 1.25. The van der Waals surface area contributed by atoms with Crippen LogP contribution in [-0.2, 0) is 34.2 Å². The molecule has 16 heteroatoms. The van der Waals surface area contributed by atoms with E-state index in [4.69, 9.17) is 42.5 Å². The summed E-state index contributed by atoms with van der Waals surface area (Å²) in [7, 11) is -3.53. The number of sulfone groups is 1. The molecule has 1 aliphatic rings. The third-order valence-electron chi connectivity index (χ3n) is 9.77. The molecule has 2 aromatic heterocycles. The molecular formula is C42H44Cl2N4O9S. The Labute approximate surface area is 346 Å². The smallest absolute Gasteiger partial charge is 0.326 e. The molecule has 306 valence electrons. The van der Waals surface area contributed by atoms with Gasteiger partial charge in [0, 0.05) is 60.5 Å². The fourth-order valence-electron chi connectivity index (χ4n) is 6.48. The number of carbonyl (C=O) groups is 1. The van der Waals surface area contributed by atoms with Gasteiger partial charge < -0.3 is 34.8 Å². The van der Waals surface area contributed by atoms with Gasteiger partial charge in [-0.15, -0.1) is 0 Å². The zero-order chi connectivity index (χ0) is 41.5.